The number of benzene rings is 1. The molecule has 12 heteroatoms. The molecular formula is C25H30ClF3N4O4. The third-order valence-electron chi connectivity index (χ3n) is 7.34. The van der Waals surface area contributed by atoms with Gasteiger partial charge in [0.2, 0.25) is 0 Å². The Hall–Kier alpha value is -2.63. The number of aliphatic hydroxyl groups is 2. The summed E-state index contributed by atoms with van der Waals surface area (Å²) in [5.41, 5.74) is -2.76. The predicted octanol–water partition coefficient (Wildman–Crippen LogP) is 3.62. The summed E-state index contributed by atoms with van der Waals surface area (Å²) in [4.78, 5) is 29.6. The quantitative estimate of drug-likeness (QED) is 0.426. The van der Waals surface area contributed by atoms with E-state index in [4.69, 9.17) is 11.6 Å². The highest BCUT2D eigenvalue weighted by Crippen LogP contribution is 2.57. The van der Waals surface area contributed by atoms with Crippen LogP contribution < -0.4 is 10.6 Å². The van der Waals surface area contributed by atoms with Crippen LogP contribution in [0.3, 0.4) is 0 Å². The molecule has 0 radical (unpaired) electrons. The van der Waals surface area contributed by atoms with Crippen molar-refractivity contribution in [3.8, 4) is 0 Å². The van der Waals surface area contributed by atoms with Crippen LogP contribution in [0.1, 0.15) is 61.6 Å². The number of alkyl halides is 2. The second-order valence-corrected chi connectivity index (χ2v) is 11.3. The van der Waals surface area contributed by atoms with Crippen molar-refractivity contribution in [2.75, 3.05) is 11.9 Å². The first-order chi connectivity index (χ1) is 17.1. The highest BCUT2D eigenvalue weighted by molar-refractivity contribution is 6.31. The molecule has 2 aliphatic carbocycles. The number of amides is 2. The summed E-state index contributed by atoms with van der Waals surface area (Å²) in [5, 5.41) is 25.1. The molecule has 2 fully saturated rings. The number of hydrogen-bond donors (Lipinski definition) is 4. The van der Waals surface area contributed by atoms with E-state index in [-0.39, 0.29) is 47.9 Å². The number of nitrogens with one attached hydrogen (secondary N) is 2. The van der Waals surface area contributed by atoms with Gasteiger partial charge in [0, 0.05) is 25.2 Å². The number of carbonyl (C=O) groups excluding carboxylic acids is 2. The first kappa shape index (κ1) is 27.4. The van der Waals surface area contributed by atoms with E-state index >= 15 is 0 Å². The van der Waals surface area contributed by atoms with E-state index in [1.54, 1.807) is 11.6 Å². The van der Waals surface area contributed by atoms with Gasteiger partial charge in [-0.2, -0.15) is 8.78 Å². The van der Waals surface area contributed by atoms with Crippen LogP contribution in [0.15, 0.2) is 24.5 Å². The summed E-state index contributed by atoms with van der Waals surface area (Å²) < 4.78 is 45.0. The van der Waals surface area contributed by atoms with Crippen molar-refractivity contribution >= 4 is 29.1 Å². The largest absolute Gasteiger partial charge is 0.389 e. The third-order valence-corrected chi connectivity index (χ3v) is 7.63. The fraction of sp³-hybridized carbons (Fsp3) is 0.560. The lowest BCUT2D eigenvalue weighted by Gasteiger charge is -2.33. The van der Waals surface area contributed by atoms with Crippen LogP contribution in [0.25, 0.3) is 0 Å². The molecule has 1 aromatic carbocycles. The Morgan fingerprint density at radius 3 is 2.43 bits per heavy atom. The molecule has 37 heavy (non-hydrogen) atoms. The summed E-state index contributed by atoms with van der Waals surface area (Å²) in [5.74, 6) is -7.48. The van der Waals surface area contributed by atoms with Crippen LogP contribution in [-0.2, 0) is 11.8 Å². The minimum Gasteiger partial charge on any atom is -0.389 e. The first-order valence-electron chi connectivity index (χ1n) is 12.0. The maximum Gasteiger partial charge on any atom is 0.352 e. The maximum atomic E-state index is 15.0. The molecule has 202 valence electrons. The summed E-state index contributed by atoms with van der Waals surface area (Å²) in [6.45, 7) is 2.38. The summed E-state index contributed by atoms with van der Waals surface area (Å²) in [6.07, 6.45) is 1.81. The molecule has 4 N–H and O–H groups in total. The average Bonchev–Trinajstić information content (AvgIpc) is 3.45. The van der Waals surface area contributed by atoms with E-state index in [0.717, 1.165) is 6.07 Å². The summed E-state index contributed by atoms with van der Waals surface area (Å²) >= 11 is 5.80. The maximum absolute atomic E-state index is 15.0. The molecule has 1 aromatic heterocycles. The number of nitrogens with zero attached hydrogens (tertiary/aromatic N) is 2. The van der Waals surface area contributed by atoms with Crippen molar-refractivity contribution in [1.82, 2.24) is 14.9 Å². The Balaban J connectivity index is 1.45. The highest BCUT2D eigenvalue weighted by Gasteiger charge is 2.64. The fourth-order valence-corrected chi connectivity index (χ4v) is 5.73. The standard InChI is InChI=1S/C25H30ClF3N4O4/c1-23(2,36)11-30-22(35)25(28,29)24(37)9-14-6-13(7-15(14)10-24)19-20(33(3)12-31-19)21(34)32-16-4-5-18(27)17(26)8-16/h4-5,8,12-15,36-37H,6-7,9-11H2,1-3H3,(H,30,35)(H,32,34). The first-order valence-corrected chi connectivity index (χ1v) is 12.4. The van der Waals surface area contributed by atoms with Gasteiger partial charge in [0.1, 0.15) is 17.1 Å². The topological polar surface area (TPSA) is 116 Å². The van der Waals surface area contributed by atoms with Gasteiger partial charge >= 0.3 is 5.92 Å². The smallest absolute Gasteiger partial charge is 0.352 e. The van der Waals surface area contributed by atoms with Crippen LogP contribution in [0.4, 0.5) is 18.9 Å². The molecule has 2 unspecified atom stereocenters. The molecule has 0 bridgehead atoms. The number of rotatable bonds is 7. The molecule has 0 saturated heterocycles. The van der Waals surface area contributed by atoms with Gasteiger partial charge in [-0.25, -0.2) is 9.37 Å². The Morgan fingerprint density at radius 2 is 1.86 bits per heavy atom. The van der Waals surface area contributed by atoms with Crippen LogP contribution in [0.2, 0.25) is 5.02 Å². The predicted molar refractivity (Wildman–Crippen MR) is 130 cm³/mol. The number of aromatic nitrogens is 2. The van der Waals surface area contributed by atoms with Crippen LogP contribution in [-0.4, -0.2) is 55.2 Å². The normalized spacial score (nSPS) is 25.7. The van der Waals surface area contributed by atoms with Gasteiger partial charge in [-0.3, -0.25) is 9.59 Å². The second-order valence-electron chi connectivity index (χ2n) is 10.9. The van der Waals surface area contributed by atoms with Gasteiger partial charge < -0.3 is 25.4 Å². The highest BCUT2D eigenvalue weighted by atomic mass is 35.5. The zero-order valence-electron chi connectivity index (χ0n) is 20.7. The number of halogens is 4. The zero-order valence-corrected chi connectivity index (χ0v) is 21.5. The summed E-state index contributed by atoms with van der Waals surface area (Å²) in [6, 6.07) is 3.82. The van der Waals surface area contributed by atoms with Gasteiger partial charge in [0.25, 0.3) is 11.8 Å². The molecule has 0 spiro atoms. The Morgan fingerprint density at radius 1 is 1.24 bits per heavy atom. The van der Waals surface area contributed by atoms with Gasteiger partial charge in [-0.1, -0.05) is 11.6 Å². The van der Waals surface area contributed by atoms with E-state index in [1.807, 2.05) is 5.32 Å². The van der Waals surface area contributed by atoms with E-state index in [0.29, 0.717) is 24.2 Å². The number of anilines is 1. The molecule has 0 aliphatic heterocycles. The Kier molecular flexibility index (Phi) is 7.11. The molecule has 2 aliphatic rings. The minimum atomic E-state index is -4.02. The average molecular weight is 543 g/mol. The molecule has 8 nitrogen and oxygen atoms in total. The SMILES string of the molecule is Cn1cnc(C2CC3CC(O)(C(F)(F)C(=O)NCC(C)(C)O)CC3C2)c1C(=O)Nc1ccc(F)c(Cl)c1. The van der Waals surface area contributed by atoms with E-state index in [1.165, 1.54) is 32.3 Å². The van der Waals surface area contributed by atoms with Gasteiger partial charge in [-0.05, 0) is 69.6 Å². The number of aryl methyl sites for hydroxylation is 1. The minimum absolute atomic E-state index is 0.135. The molecule has 2 amide bonds. The number of imidazole rings is 1. The number of fused-ring (bicyclic) bond motifs is 1. The number of hydrogen-bond acceptors (Lipinski definition) is 5. The van der Waals surface area contributed by atoms with Crippen LogP contribution in [0, 0.1) is 17.7 Å². The molecule has 2 atom stereocenters. The second kappa shape index (κ2) is 9.59. The van der Waals surface area contributed by atoms with Gasteiger partial charge in [0.15, 0.2) is 0 Å². The van der Waals surface area contributed by atoms with E-state index in [9.17, 15) is 33.0 Å². The van der Waals surface area contributed by atoms with Crippen molar-refractivity contribution in [2.45, 2.75) is 62.6 Å². The Labute approximate surface area is 217 Å². The molecular weight excluding hydrogens is 513 g/mol. The van der Waals surface area contributed by atoms with Gasteiger partial charge in [-0.15, -0.1) is 0 Å². The lowest BCUT2D eigenvalue weighted by atomic mass is 9.87. The third kappa shape index (κ3) is 5.35. The zero-order chi connectivity index (χ0) is 27.3. The monoisotopic (exact) mass is 542 g/mol. The summed E-state index contributed by atoms with van der Waals surface area (Å²) in [7, 11) is 1.66. The van der Waals surface area contributed by atoms with Crippen LogP contribution in [0.5, 0.6) is 0 Å². The van der Waals surface area contributed by atoms with Gasteiger partial charge in [0.05, 0.1) is 22.6 Å². The van der Waals surface area contributed by atoms with E-state index in [2.05, 4.69) is 10.3 Å². The lowest BCUT2D eigenvalue weighted by molar-refractivity contribution is -0.193. The van der Waals surface area contributed by atoms with Crippen molar-refractivity contribution < 1.29 is 33.0 Å². The molecule has 4 rings (SSSR count). The Bertz CT molecular complexity index is 1200. The molecule has 1 heterocycles. The van der Waals surface area contributed by atoms with Crippen molar-refractivity contribution in [3.05, 3.63) is 46.8 Å². The molecule has 2 aromatic rings. The van der Waals surface area contributed by atoms with Crippen LogP contribution >= 0.6 is 11.6 Å². The lowest BCUT2D eigenvalue weighted by Crippen LogP contribution is -2.57. The van der Waals surface area contributed by atoms with Crippen molar-refractivity contribution in [3.63, 3.8) is 0 Å². The fourth-order valence-electron chi connectivity index (χ4n) is 5.55. The van der Waals surface area contributed by atoms with Crippen molar-refractivity contribution in [2.24, 2.45) is 18.9 Å². The molecule has 2 saturated carbocycles. The number of carbonyl (C=O) groups is 2. The van der Waals surface area contributed by atoms with Crippen molar-refractivity contribution in [1.29, 1.82) is 0 Å². The van der Waals surface area contributed by atoms with E-state index < -0.39 is 34.8 Å².